The third kappa shape index (κ3) is 11.6. The second kappa shape index (κ2) is 21.7. The molecular weight excluding hydrogens is 977 g/mol. The molecule has 75 heavy (non-hydrogen) atoms. The molecule has 12 nitrogen and oxygen atoms in total. The van der Waals surface area contributed by atoms with Crippen LogP contribution in [0.25, 0.3) is 42.4 Å². The number of rotatable bonds is 13. The lowest BCUT2D eigenvalue weighted by Gasteiger charge is -2.31. The van der Waals surface area contributed by atoms with E-state index in [-0.39, 0.29) is 24.4 Å². The van der Waals surface area contributed by atoms with E-state index in [0.717, 1.165) is 95.9 Å². The number of nitrogens with one attached hydrogen (secondary N) is 1. The molecule has 0 unspecified atom stereocenters. The molecule has 2 aliphatic heterocycles. The van der Waals surface area contributed by atoms with Gasteiger partial charge in [-0.3, -0.25) is 24.9 Å². The monoisotopic (exact) mass is 1040 g/mol. The molecule has 2 saturated heterocycles. The van der Waals surface area contributed by atoms with Crippen molar-refractivity contribution in [3.63, 3.8) is 0 Å². The van der Waals surface area contributed by atoms with E-state index in [1.165, 1.54) is 58.4 Å². The fourth-order valence-corrected chi connectivity index (χ4v) is 11.7. The van der Waals surface area contributed by atoms with Crippen LogP contribution < -0.4 is 20.9 Å². The number of nitrogens with zero attached hydrogens (tertiary/aromatic N) is 4. The van der Waals surface area contributed by atoms with Crippen LogP contribution in [-0.2, 0) is 27.1 Å². The van der Waals surface area contributed by atoms with Crippen molar-refractivity contribution in [2.75, 3.05) is 73.5 Å². The lowest BCUT2D eigenvalue weighted by Crippen LogP contribution is -2.36. The standard InChI is InChI=1S/C33H35N3O4S.C28H27N3O2S/c1-33(2,3)40-32(38)35-26-10-8-23(30-5-4-16-41-30)17-24(26)19-29(37)27-18-22-9-11-28(36-12-14-39-15-13-36)31(21-6-7-21)25(22)20-34-27;29-23-7-5-20(27-2-1-13-34-27)14-21(23)16-26(32)24-15-19-6-8-25(31-9-11-33-12-10-31)28(18-3-4-18)22(19)17-30-24/h4-5,8-11,16-18,20-21H,6-7,12-15,19H2,1-3H3,(H,35,38);1-2,5-8,13-15,17-18H,3-4,9-12,16,29H2. The lowest BCUT2D eigenvalue weighted by atomic mass is 9.97. The Morgan fingerprint density at radius 2 is 1.12 bits per heavy atom. The van der Waals surface area contributed by atoms with Gasteiger partial charge in [0.1, 0.15) is 17.0 Å². The number of fused-ring (bicyclic) bond motifs is 2. The number of pyridine rings is 2. The van der Waals surface area contributed by atoms with Gasteiger partial charge in [-0.15, -0.1) is 22.7 Å². The highest BCUT2D eigenvalue weighted by molar-refractivity contribution is 7.13. The van der Waals surface area contributed by atoms with Gasteiger partial charge in [-0.25, -0.2) is 4.79 Å². The number of anilines is 4. The van der Waals surface area contributed by atoms with E-state index >= 15 is 0 Å². The zero-order valence-electron chi connectivity index (χ0n) is 42.7. The summed E-state index contributed by atoms with van der Waals surface area (Å²) >= 11 is 3.31. The summed E-state index contributed by atoms with van der Waals surface area (Å²) in [5.74, 6) is 1.01. The molecule has 6 heterocycles. The Bertz CT molecular complexity index is 3390. The quantitative estimate of drug-likeness (QED) is 0.0839. The van der Waals surface area contributed by atoms with Crippen LogP contribution in [0.3, 0.4) is 0 Å². The fourth-order valence-electron chi connectivity index (χ4n) is 10.3. The minimum atomic E-state index is -0.632. The normalized spacial score (nSPS) is 15.9. The van der Waals surface area contributed by atoms with E-state index in [4.69, 9.17) is 19.9 Å². The van der Waals surface area contributed by atoms with E-state index in [0.29, 0.717) is 34.6 Å². The molecule has 4 fully saturated rings. The Morgan fingerprint density at radius 1 is 0.640 bits per heavy atom. The van der Waals surface area contributed by atoms with E-state index in [2.05, 4.69) is 60.8 Å². The largest absolute Gasteiger partial charge is 0.444 e. The van der Waals surface area contributed by atoms with E-state index in [9.17, 15) is 14.4 Å². The molecule has 0 spiro atoms. The van der Waals surface area contributed by atoms with Crippen molar-refractivity contribution in [1.29, 1.82) is 0 Å². The highest BCUT2D eigenvalue weighted by atomic mass is 32.1. The predicted molar refractivity (Wildman–Crippen MR) is 303 cm³/mol. The predicted octanol–water partition coefficient (Wildman–Crippen LogP) is 13.1. The second-order valence-electron chi connectivity index (χ2n) is 20.9. The fraction of sp³-hybridized carbons (Fsp3) is 0.328. The van der Waals surface area contributed by atoms with Gasteiger partial charge in [-0.05, 0) is 174 Å². The maximum absolute atomic E-state index is 13.6. The maximum atomic E-state index is 13.6. The summed E-state index contributed by atoms with van der Waals surface area (Å²) < 4.78 is 16.6. The number of ether oxygens (including phenoxy) is 3. The van der Waals surface area contributed by atoms with Gasteiger partial charge in [0.15, 0.2) is 11.6 Å². The van der Waals surface area contributed by atoms with E-state index in [1.807, 2.05) is 105 Å². The molecule has 0 atom stereocenters. The second-order valence-corrected chi connectivity index (χ2v) is 22.8. The summed E-state index contributed by atoms with van der Waals surface area (Å²) in [4.78, 5) is 55.8. The van der Waals surface area contributed by atoms with Gasteiger partial charge in [0.25, 0.3) is 0 Å². The van der Waals surface area contributed by atoms with Crippen LogP contribution in [-0.4, -0.2) is 85.8 Å². The Kier molecular flexibility index (Phi) is 14.5. The molecule has 12 rings (SSSR count). The number of aromatic nitrogens is 2. The molecule has 1 amide bonds. The minimum Gasteiger partial charge on any atom is -0.444 e. The number of morpholine rings is 2. The first kappa shape index (κ1) is 50.2. The molecule has 4 aromatic heterocycles. The minimum absolute atomic E-state index is 0.0119. The molecule has 2 aliphatic carbocycles. The Hall–Kier alpha value is -6.97. The zero-order valence-corrected chi connectivity index (χ0v) is 44.4. The third-order valence-electron chi connectivity index (χ3n) is 14.3. The van der Waals surface area contributed by atoms with Gasteiger partial charge >= 0.3 is 6.09 Å². The maximum Gasteiger partial charge on any atom is 0.412 e. The van der Waals surface area contributed by atoms with Crippen molar-refractivity contribution in [2.45, 2.75) is 76.7 Å². The van der Waals surface area contributed by atoms with Crippen LogP contribution in [0.15, 0.2) is 120 Å². The van der Waals surface area contributed by atoms with Crippen molar-refractivity contribution in [3.8, 4) is 20.9 Å². The number of nitrogens with two attached hydrogens (primary N) is 1. The smallest absolute Gasteiger partial charge is 0.412 e. The van der Waals surface area contributed by atoms with Crippen LogP contribution >= 0.6 is 22.7 Å². The lowest BCUT2D eigenvalue weighted by molar-refractivity contribution is 0.0635. The number of thiophene rings is 2. The average Bonchev–Trinajstić information content (AvgIpc) is 4.33. The first-order valence-electron chi connectivity index (χ1n) is 26.1. The average molecular weight is 1040 g/mol. The number of hydrogen-bond acceptors (Lipinski definition) is 13. The van der Waals surface area contributed by atoms with Crippen molar-refractivity contribution in [2.24, 2.45) is 0 Å². The van der Waals surface area contributed by atoms with Gasteiger partial charge in [0, 0.05) is 94.7 Å². The number of amides is 1. The van der Waals surface area contributed by atoms with Crippen LogP contribution in [0.5, 0.6) is 0 Å². The van der Waals surface area contributed by atoms with Gasteiger partial charge in [-0.1, -0.05) is 36.4 Å². The van der Waals surface area contributed by atoms with Gasteiger partial charge in [0.05, 0.1) is 26.4 Å². The van der Waals surface area contributed by atoms with Crippen molar-refractivity contribution < 1.29 is 28.6 Å². The Balaban J connectivity index is 0.000000163. The van der Waals surface area contributed by atoms with E-state index < -0.39 is 11.7 Å². The van der Waals surface area contributed by atoms with E-state index in [1.54, 1.807) is 22.7 Å². The molecular formula is C61H62N6O6S2. The molecule has 384 valence electrons. The molecule has 4 aromatic carbocycles. The molecule has 8 aromatic rings. The number of nitrogen functional groups attached to an aromatic ring is 1. The van der Waals surface area contributed by atoms with Crippen LogP contribution in [0.2, 0.25) is 0 Å². The number of carbonyl (C=O) groups excluding carboxylic acids is 3. The van der Waals surface area contributed by atoms with Crippen molar-refractivity contribution in [3.05, 3.63) is 154 Å². The molecule has 3 N–H and O–H groups in total. The number of carbonyl (C=O) groups is 3. The SMILES string of the molecule is CC(C)(C)OC(=O)Nc1ccc(-c2cccs2)cc1CC(=O)c1cc2ccc(N3CCOCC3)c(C3CC3)c2cn1.Nc1ccc(-c2cccs2)cc1CC(=O)c1cc2ccc(N3CCOCC3)c(C3CC3)c2cn1. The highest BCUT2D eigenvalue weighted by Gasteiger charge is 2.32. The topological polar surface area (TPSA) is 149 Å². The number of hydrogen-bond donors (Lipinski definition) is 2. The van der Waals surface area contributed by atoms with Gasteiger partial charge in [0.2, 0.25) is 0 Å². The summed E-state index contributed by atoms with van der Waals surface area (Å²) in [7, 11) is 0. The zero-order chi connectivity index (χ0) is 51.6. The van der Waals surface area contributed by atoms with Crippen LogP contribution in [0.1, 0.15) is 102 Å². The number of ketones is 2. The molecule has 0 radical (unpaired) electrons. The third-order valence-corrected chi connectivity index (χ3v) is 16.1. The first-order valence-corrected chi connectivity index (χ1v) is 27.8. The Labute approximate surface area is 445 Å². The van der Waals surface area contributed by atoms with Gasteiger partial charge < -0.3 is 29.7 Å². The Morgan fingerprint density at radius 3 is 1.59 bits per heavy atom. The molecule has 0 bridgehead atoms. The summed E-state index contributed by atoms with van der Waals surface area (Å²) in [5, 5.41) is 11.3. The summed E-state index contributed by atoms with van der Waals surface area (Å²) in [6.07, 6.45) is 8.38. The number of benzene rings is 4. The van der Waals surface area contributed by atoms with Crippen LogP contribution in [0, 0.1) is 0 Å². The van der Waals surface area contributed by atoms with Crippen LogP contribution in [0.4, 0.5) is 27.5 Å². The summed E-state index contributed by atoms with van der Waals surface area (Å²) in [5.41, 5.74) is 16.7. The highest BCUT2D eigenvalue weighted by Crippen LogP contribution is 2.49. The first-order chi connectivity index (χ1) is 36.4. The summed E-state index contributed by atoms with van der Waals surface area (Å²) in [6.45, 7) is 12.1. The van der Waals surface area contributed by atoms with Crippen molar-refractivity contribution in [1.82, 2.24) is 9.97 Å². The summed E-state index contributed by atoms with van der Waals surface area (Å²) in [6, 6.07) is 32.4. The number of Topliss-reactive ketones (excluding diaryl/α,β-unsaturated/α-hetero) is 2. The molecule has 14 heteroatoms. The molecule has 2 saturated carbocycles. The molecule has 4 aliphatic rings. The van der Waals surface area contributed by atoms with Crippen molar-refractivity contribution >= 4 is 84.6 Å². The van der Waals surface area contributed by atoms with Gasteiger partial charge in [-0.2, -0.15) is 0 Å².